The minimum absolute atomic E-state index is 0.158. The first-order chi connectivity index (χ1) is 10.1. The van der Waals surface area contributed by atoms with Gasteiger partial charge in [-0.2, -0.15) is 0 Å². The van der Waals surface area contributed by atoms with E-state index in [4.69, 9.17) is 0 Å². The summed E-state index contributed by atoms with van der Waals surface area (Å²) in [6.07, 6.45) is 4.01. The van der Waals surface area contributed by atoms with Crippen molar-refractivity contribution in [3.63, 3.8) is 0 Å². The molecule has 0 bridgehead atoms. The molecule has 0 radical (unpaired) electrons. The second-order valence-electron chi connectivity index (χ2n) is 6.02. The largest absolute Gasteiger partial charge is 0.393 e. The van der Waals surface area contributed by atoms with E-state index in [-0.39, 0.29) is 17.9 Å². The van der Waals surface area contributed by atoms with Crippen LogP contribution in [0.2, 0.25) is 0 Å². The molecule has 112 valence electrons. The van der Waals surface area contributed by atoms with E-state index in [9.17, 15) is 9.90 Å². The van der Waals surface area contributed by atoms with E-state index in [1.165, 1.54) is 0 Å². The lowest BCUT2D eigenvalue weighted by molar-refractivity contribution is -0.133. The monoisotopic (exact) mass is 286 g/mol. The van der Waals surface area contributed by atoms with Gasteiger partial charge in [-0.3, -0.25) is 4.79 Å². The molecule has 2 aromatic rings. The molecular formula is C17H22N2O2. The number of hydrogen-bond acceptors (Lipinski definition) is 2. The summed E-state index contributed by atoms with van der Waals surface area (Å²) in [6, 6.07) is 8.05. The van der Waals surface area contributed by atoms with E-state index in [0.717, 1.165) is 35.9 Å². The van der Waals surface area contributed by atoms with E-state index in [1.54, 1.807) is 0 Å². The molecule has 0 aliphatic carbocycles. The summed E-state index contributed by atoms with van der Waals surface area (Å²) >= 11 is 0. The van der Waals surface area contributed by atoms with E-state index >= 15 is 0 Å². The number of benzene rings is 1. The summed E-state index contributed by atoms with van der Waals surface area (Å²) in [5, 5.41) is 10.9. The highest BCUT2D eigenvalue weighted by molar-refractivity contribution is 5.88. The normalized spacial score (nSPS) is 20.7. The van der Waals surface area contributed by atoms with Crippen LogP contribution in [0.3, 0.4) is 0 Å². The summed E-state index contributed by atoms with van der Waals surface area (Å²) in [6.45, 7) is 3.31. The van der Waals surface area contributed by atoms with Crippen molar-refractivity contribution in [1.82, 2.24) is 9.88 Å². The molecule has 2 heterocycles. The number of fused-ring (bicyclic) bond motifs is 1. The highest BCUT2D eigenvalue weighted by atomic mass is 16.3. The minimum atomic E-state index is -0.339. The Hall–Kier alpha value is -1.81. The molecule has 1 fully saturated rings. The van der Waals surface area contributed by atoms with Crippen molar-refractivity contribution in [2.45, 2.75) is 32.3 Å². The van der Waals surface area contributed by atoms with E-state index in [1.807, 2.05) is 42.3 Å². The van der Waals surface area contributed by atoms with Crippen LogP contribution in [0.15, 0.2) is 30.5 Å². The molecule has 1 aromatic heterocycles. The summed E-state index contributed by atoms with van der Waals surface area (Å²) in [5.41, 5.74) is 2.12. The quantitative estimate of drug-likeness (QED) is 0.910. The Bertz CT molecular complexity index is 633. The number of carbonyl (C=O) groups is 1. The van der Waals surface area contributed by atoms with Gasteiger partial charge in [0.05, 0.1) is 12.5 Å². The lowest BCUT2D eigenvalue weighted by Gasteiger charge is -2.34. The van der Waals surface area contributed by atoms with Crippen molar-refractivity contribution in [3.05, 3.63) is 36.0 Å². The number of aromatic nitrogens is 1. The zero-order valence-electron chi connectivity index (χ0n) is 12.4. The first-order valence-corrected chi connectivity index (χ1v) is 7.66. The van der Waals surface area contributed by atoms with Crippen LogP contribution >= 0.6 is 0 Å². The predicted octanol–water partition coefficient (Wildman–Crippen LogP) is 2.33. The molecule has 0 saturated carbocycles. The lowest BCUT2D eigenvalue weighted by Crippen LogP contribution is -2.43. The van der Waals surface area contributed by atoms with Crippen molar-refractivity contribution in [1.29, 1.82) is 0 Å². The number of likely N-dealkylation sites (tertiary alicyclic amines) is 1. The van der Waals surface area contributed by atoms with Crippen LogP contribution in [0.1, 0.15) is 25.3 Å². The number of carbonyl (C=O) groups excluding carboxylic acids is 1. The van der Waals surface area contributed by atoms with Crippen LogP contribution in [0.5, 0.6) is 0 Å². The number of aliphatic hydroxyl groups is 1. The van der Waals surface area contributed by atoms with Crippen LogP contribution in [-0.2, 0) is 11.2 Å². The molecule has 2 atom stereocenters. The second kappa shape index (κ2) is 5.90. The SMILES string of the molecule is CC(O)C1CCCN(C(=O)Cc2c[nH]c3ccccc23)C1. The number of aliphatic hydroxyl groups excluding tert-OH is 1. The van der Waals surface area contributed by atoms with Crippen LogP contribution in [0.4, 0.5) is 0 Å². The molecule has 1 aromatic carbocycles. The van der Waals surface area contributed by atoms with Crippen molar-refractivity contribution in [2.75, 3.05) is 13.1 Å². The van der Waals surface area contributed by atoms with Gasteiger partial charge >= 0.3 is 0 Å². The van der Waals surface area contributed by atoms with Crippen molar-refractivity contribution in [3.8, 4) is 0 Å². The third-order valence-corrected chi connectivity index (χ3v) is 4.51. The van der Waals surface area contributed by atoms with Crippen molar-refractivity contribution in [2.24, 2.45) is 5.92 Å². The number of hydrogen-bond donors (Lipinski definition) is 2. The van der Waals surface area contributed by atoms with Gasteiger partial charge in [0.2, 0.25) is 5.91 Å². The molecule has 4 heteroatoms. The molecule has 1 aliphatic rings. The standard InChI is InChI=1S/C17H22N2O2/c1-12(20)13-5-4-8-19(11-13)17(21)9-14-10-18-16-7-3-2-6-15(14)16/h2-3,6-7,10,12-13,18,20H,4-5,8-9,11H2,1H3. The first kappa shape index (κ1) is 14.1. The molecular weight excluding hydrogens is 264 g/mol. The van der Waals surface area contributed by atoms with Crippen LogP contribution in [0.25, 0.3) is 10.9 Å². The number of H-pyrrole nitrogens is 1. The van der Waals surface area contributed by atoms with Crippen LogP contribution in [0, 0.1) is 5.92 Å². The summed E-state index contributed by atoms with van der Waals surface area (Å²) in [4.78, 5) is 17.6. The molecule has 3 rings (SSSR count). The third kappa shape index (κ3) is 2.95. The Morgan fingerprint density at radius 2 is 2.29 bits per heavy atom. The molecule has 1 aliphatic heterocycles. The molecule has 21 heavy (non-hydrogen) atoms. The van der Waals surface area contributed by atoms with Crippen molar-refractivity contribution < 1.29 is 9.90 Å². The Balaban J connectivity index is 1.71. The van der Waals surface area contributed by atoms with Gasteiger partial charge in [0.1, 0.15) is 0 Å². The van der Waals surface area contributed by atoms with Gasteiger partial charge in [0.25, 0.3) is 0 Å². The number of piperidine rings is 1. The number of rotatable bonds is 3. The van der Waals surface area contributed by atoms with Gasteiger partial charge in [0.15, 0.2) is 0 Å². The number of nitrogens with one attached hydrogen (secondary N) is 1. The zero-order chi connectivity index (χ0) is 14.8. The topological polar surface area (TPSA) is 56.3 Å². The molecule has 1 saturated heterocycles. The summed E-state index contributed by atoms with van der Waals surface area (Å²) in [7, 11) is 0. The van der Waals surface area contributed by atoms with Crippen LogP contribution in [-0.4, -0.2) is 40.1 Å². The van der Waals surface area contributed by atoms with Gasteiger partial charge in [-0.25, -0.2) is 0 Å². The second-order valence-corrected chi connectivity index (χ2v) is 6.02. The summed E-state index contributed by atoms with van der Waals surface area (Å²) in [5.74, 6) is 0.371. The number of amides is 1. The van der Waals surface area contributed by atoms with Gasteiger partial charge in [-0.15, -0.1) is 0 Å². The van der Waals surface area contributed by atoms with Gasteiger partial charge in [-0.1, -0.05) is 18.2 Å². The Morgan fingerprint density at radius 3 is 3.10 bits per heavy atom. The first-order valence-electron chi connectivity index (χ1n) is 7.66. The maximum Gasteiger partial charge on any atom is 0.227 e. The van der Waals surface area contributed by atoms with Gasteiger partial charge < -0.3 is 15.0 Å². The Labute approximate surface area is 124 Å². The molecule has 1 amide bonds. The molecule has 0 spiro atoms. The fourth-order valence-electron chi connectivity index (χ4n) is 3.18. The highest BCUT2D eigenvalue weighted by Crippen LogP contribution is 2.22. The average Bonchev–Trinajstić information content (AvgIpc) is 2.91. The molecule has 4 nitrogen and oxygen atoms in total. The number of aromatic amines is 1. The average molecular weight is 286 g/mol. The fourth-order valence-corrected chi connectivity index (χ4v) is 3.18. The maximum atomic E-state index is 12.5. The fraction of sp³-hybridized carbons (Fsp3) is 0.471. The summed E-state index contributed by atoms with van der Waals surface area (Å²) < 4.78 is 0. The molecule has 2 N–H and O–H groups in total. The molecule has 2 unspecified atom stereocenters. The van der Waals surface area contributed by atoms with Crippen molar-refractivity contribution >= 4 is 16.8 Å². The smallest absolute Gasteiger partial charge is 0.227 e. The predicted molar refractivity (Wildman–Crippen MR) is 83.0 cm³/mol. The Morgan fingerprint density at radius 1 is 1.48 bits per heavy atom. The maximum absolute atomic E-state index is 12.5. The van der Waals surface area contributed by atoms with Crippen LogP contribution < -0.4 is 0 Å². The Kier molecular flexibility index (Phi) is 3.97. The third-order valence-electron chi connectivity index (χ3n) is 4.51. The lowest BCUT2D eigenvalue weighted by atomic mass is 9.93. The number of nitrogens with zero attached hydrogens (tertiary/aromatic N) is 1. The van der Waals surface area contributed by atoms with E-state index in [2.05, 4.69) is 4.98 Å². The highest BCUT2D eigenvalue weighted by Gasteiger charge is 2.26. The number of para-hydroxylation sites is 1. The van der Waals surface area contributed by atoms with E-state index < -0.39 is 0 Å². The zero-order valence-corrected chi connectivity index (χ0v) is 12.4. The minimum Gasteiger partial charge on any atom is -0.393 e. The van der Waals surface area contributed by atoms with E-state index in [0.29, 0.717) is 13.0 Å². The van der Waals surface area contributed by atoms with Gasteiger partial charge in [-0.05, 0) is 31.4 Å². The van der Waals surface area contributed by atoms with Gasteiger partial charge in [0, 0.05) is 36.1 Å².